The van der Waals surface area contributed by atoms with E-state index in [4.69, 9.17) is 5.11 Å². The fraction of sp³-hybridized carbons (Fsp3) is 0.200. The van der Waals surface area contributed by atoms with Gasteiger partial charge < -0.3 is 9.67 Å². The molecular formula is C20H19NO3. The SMILES string of the molecule is Cn1c(CCCc2ccccc2)cc(=O)c2cc(C(=O)O)ccc21. The normalized spacial score (nSPS) is 10.9. The van der Waals surface area contributed by atoms with Gasteiger partial charge in [0.05, 0.1) is 11.1 Å². The minimum Gasteiger partial charge on any atom is -0.478 e. The van der Waals surface area contributed by atoms with Crippen molar-refractivity contribution in [1.82, 2.24) is 4.57 Å². The molecule has 24 heavy (non-hydrogen) atoms. The largest absolute Gasteiger partial charge is 0.478 e. The van der Waals surface area contributed by atoms with Crippen molar-refractivity contribution in [3.63, 3.8) is 0 Å². The molecule has 0 amide bonds. The molecule has 1 heterocycles. The lowest BCUT2D eigenvalue weighted by Crippen LogP contribution is -2.13. The summed E-state index contributed by atoms with van der Waals surface area (Å²) in [6, 6.07) is 16.6. The Hall–Kier alpha value is -2.88. The van der Waals surface area contributed by atoms with Gasteiger partial charge in [0.25, 0.3) is 0 Å². The van der Waals surface area contributed by atoms with Crippen LogP contribution < -0.4 is 5.43 Å². The van der Waals surface area contributed by atoms with Gasteiger partial charge in [-0.2, -0.15) is 0 Å². The van der Waals surface area contributed by atoms with Gasteiger partial charge in [0.1, 0.15) is 0 Å². The van der Waals surface area contributed by atoms with Crippen molar-refractivity contribution in [2.75, 3.05) is 0 Å². The minimum atomic E-state index is -1.02. The third-order valence-corrected chi connectivity index (χ3v) is 4.34. The summed E-state index contributed by atoms with van der Waals surface area (Å²) in [7, 11) is 1.92. The second-order valence-electron chi connectivity index (χ2n) is 5.94. The molecule has 0 fully saturated rings. The Kier molecular flexibility index (Phi) is 4.47. The van der Waals surface area contributed by atoms with Gasteiger partial charge >= 0.3 is 5.97 Å². The number of aromatic carboxylic acids is 1. The van der Waals surface area contributed by atoms with Crippen molar-refractivity contribution >= 4 is 16.9 Å². The number of pyridine rings is 1. The molecule has 0 aliphatic carbocycles. The van der Waals surface area contributed by atoms with Gasteiger partial charge in [0, 0.05) is 24.2 Å². The average molecular weight is 321 g/mol. The van der Waals surface area contributed by atoms with Crippen LogP contribution in [0, 0.1) is 0 Å². The number of carboxylic acids is 1. The molecule has 0 saturated heterocycles. The summed E-state index contributed by atoms with van der Waals surface area (Å²) in [5, 5.41) is 9.52. The maximum absolute atomic E-state index is 12.4. The van der Waals surface area contributed by atoms with Crippen LogP contribution >= 0.6 is 0 Å². The van der Waals surface area contributed by atoms with E-state index >= 15 is 0 Å². The van der Waals surface area contributed by atoms with Gasteiger partial charge in [-0.25, -0.2) is 4.79 Å². The molecule has 0 bridgehead atoms. The van der Waals surface area contributed by atoms with E-state index in [2.05, 4.69) is 12.1 Å². The minimum absolute atomic E-state index is 0.124. The maximum Gasteiger partial charge on any atom is 0.335 e. The Bertz CT molecular complexity index is 942. The number of aromatic nitrogens is 1. The second kappa shape index (κ2) is 6.71. The number of aryl methyl sites for hydroxylation is 3. The lowest BCUT2D eigenvalue weighted by molar-refractivity contribution is 0.0697. The Morgan fingerprint density at radius 3 is 2.50 bits per heavy atom. The van der Waals surface area contributed by atoms with E-state index < -0.39 is 5.97 Å². The number of carbonyl (C=O) groups is 1. The standard InChI is InChI=1S/C20H19NO3/c1-21-16(9-5-8-14-6-3-2-4-7-14)13-19(22)17-12-15(20(23)24)10-11-18(17)21/h2-4,6-7,10-13H,5,8-9H2,1H3,(H,23,24). The number of hydrogen-bond donors (Lipinski definition) is 1. The topological polar surface area (TPSA) is 59.3 Å². The summed E-state index contributed by atoms with van der Waals surface area (Å²) in [5.41, 5.74) is 3.03. The summed E-state index contributed by atoms with van der Waals surface area (Å²) in [6.45, 7) is 0. The molecule has 1 N–H and O–H groups in total. The molecule has 3 aromatic rings. The van der Waals surface area contributed by atoms with Crippen LogP contribution in [0.1, 0.15) is 28.0 Å². The van der Waals surface area contributed by atoms with E-state index in [1.165, 1.54) is 17.7 Å². The Morgan fingerprint density at radius 1 is 1.04 bits per heavy atom. The zero-order chi connectivity index (χ0) is 17.1. The molecule has 1 aromatic heterocycles. The van der Waals surface area contributed by atoms with Crippen molar-refractivity contribution < 1.29 is 9.90 Å². The predicted octanol–water partition coefficient (Wildman–Crippen LogP) is 3.41. The van der Waals surface area contributed by atoms with E-state index in [9.17, 15) is 9.59 Å². The van der Waals surface area contributed by atoms with Crippen LogP contribution in [0.3, 0.4) is 0 Å². The van der Waals surface area contributed by atoms with Crippen molar-refractivity contribution in [1.29, 1.82) is 0 Å². The van der Waals surface area contributed by atoms with E-state index in [1.54, 1.807) is 12.1 Å². The lowest BCUT2D eigenvalue weighted by Gasteiger charge is -2.13. The van der Waals surface area contributed by atoms with Crippen LogP contribution in [-0.2, 0) is 19.9 Å². The van der Waals surface area contributed by atoms with Crippen LogP contribution in [0.15, 0.2) is 59.4 Å². The molecule has 0 atom stereocenters. The lowest BCUT2D eigenvalue weighted by atomic mass is 10.0. The molecular weight excluding hydrogens is 302 g/mol. The molecule has 0 saturated carbocycles. The molecule has 0 aliphatic rings. The molecule has 4 nitrogen and oxygen atoms in total. The Labute approximate surface area is 140 Å². The molecule has 122 valence electrons. The highest BCUT2D eigenvalue weighted by Gasteiger charge is 2.10. The van der Waals surface area contributed by atoms with Gasteiger partial charge in [-0.1, -0.05) is 30.3 Å². The average Bonchev–Trinajstić information content (AvgIpc) is 2.59. The summed E-state index contributed by atoms with van der Waals surface area (Å²) in [4.78, 5) is 23.4. The fourth-order valence-electron chi connectivity index (χ4n) is 3.00. The van der Waals surface area contributed by atoms with Crippen molar-refractivity contribution in [2.45, 2.75) is 19.3 Å². The molecule has 3 rings (SSSR count). The number of rotatable bonds is 5. The summed E-state index contributed by atoms with van der Waals surface area (Å²) in [5.74, 6) is -1.02. The van der Waals surface area contributed by atoms with Crippen LogP contribution in [0.5, 0.6) is 0 Å². The highest BCUT2D eigenvalue weighted by molar-refractivity contribution is 5.93. The van der Waals surface area contributed by atoms with Crippen molar-refractivity contribution in [3.05, 3.63) is 81.6 Å². The van der Waals surface area contributed by atoms with E-state index in [1.807, 2.05) is 29.8 Å². The van der Waals surface area contributed by atoms with Gasteiger partial charge in [-0.05, 0) is 43.0 Å². The molecule has 0 unspecified atom stereocenters. The Morgan fingerprint density at radius 2 is 1.79 bits per heavy atom. The highest BCUT2D eigenvalue weighted by Crippen LogP contribution is 2.16. The number of nitrogens with zero attached hydrogens (tertiary/aromatic N) is 1. The monoisotopic (exact) mass is 321 g/mol. The molecule has 0 radical (unpaired) electrons. The Balaban J connectivity index is 1.87. The van der Waals surface area contributed by atoms with E-state index in [0.717, 1.165) is 30.5 Å². The first kappa shape index (κ1) is 16.0. The van der Waals surface area contributed by atoms with Gasteiger partial charge in [-0.15, -0.1) is 0 Å². The first-order chi connectivity index (χ1) is 11.6. The van der Waals surface area contributed by atoms with Gasteiger partial charge in [0.15, 0.2) is 5.43 Å². The van der Waals surface area contributed by atoms with Crippen molar-refractivity contribution in [3.8, 4) is 0 Å². The number of fused-ring (bicyclic) bond motifs is 1. The highest BCUT2D eigenvalue weighted by atomic mass is 16.4. The van der Waals surface area contributed by atoms with E-state index in [0.29, 0.717) is 5.39 Å². The van der Waals surface area contributed by atoms with E-state index in [-0.39, 0.29) is 11.0 Å². The molecule has 4 heteroatoms. The zero-order valence-corrected chi connectivity index (χ0v) is 13.5. The number of carboxylic acid groups (broad SMARTS) is 1. The van der Waals surface area contributed by atoms with Crippen molar-refractivity contribution in [2.24, 2.45) is 7.05 Å². The second-order valence-corrected chi connectivity index (χ2v) is 5.94. The maximum atomic E-state index is 12.4. The quantitative estimate of drug-likeness (QED) is 0.783. The first-order valence-corrected chi connectivity index (χ1v) is 7.96. The zero-order valence-electron chi connectivity index (χ0n) is 13.5. The summed E-state index contributed by atoms with van der Waals surface area (Å²) < 4.78 is 1.98. The van der Waals surface area contributed by atoms with Crippen LogP contribution in [-0.4, -0.2) is 15.6 Å². The smallest absolute Gasteiger partial charge is 0.335 e. The molecule has 0 aliphatic heterocycles. The van der Waals surface area contributed by atoms with Gasteiger partial charge in [-0.3, -0.25) is 4.79 Å². The first-order valence-electron chi connectivity index (χ1n) is 7.96. The number of benzene rings is 2. The number of hydrogen-bond acceptors (Lipinski definition) is 2. The van der Waals surface area contributed by atoms with Crippen LogP contribution in [0.25, 0.3) is 10.9 Å². The molecule has 0 spiro atoms. The fourth-order valence-corrected chi connectivity index (χ4v) is 3.00. The van der Waals surface area contributed by atoms with Gasteiger partial charge in [0.2, 0.25) is 0 Å². The summed E-state index contributed by atoms with van der Waals surface area (Å²) >= 11 is 0. The van der Waals surface area contributed by atoms with Crippen LogP contribution in [0.2, 0.25) is 0 Å². The third-order valence-electron chi connectivity index (χ3n) is 4.34. The van der Waals surface area contributed by atoms with Crippen LogP contribution in [0.4, 0.5) is 0 Å². The third kappa shape index (κ3) is 3.23. The summed E-state index contributed by atoms with van der Waals surface area (Å²) in [6.07, 6.45) is 2.72. The predicted molar refractivity (Wildman–Crippen MR) is 94.6 cm³/mol. The molecule has 2 aromatic carbocycles.